The van der Waals surface area contributed by atoms with Crippen LogP contribution in [0.4, 0.5) is 5.82 Å². The molecule has 2 aromatic heterocycles. The van der Waals surface area contributed by atoms with Crippen LogP contribution in [0.5, 0.6) is 0 Å². The van der Waals surface area contributed by atoms with Gasteiger partial charge in [-0.15, -0.1) is 0 Å². The lowest BCUT2D eigenvalue weighted by molar-refractivity contribution is 0.186. The molecule has 1 aliphatic heterocycles. The Labute approximate surface area is 197 Å². The van der Waals surface area contributed by atoms with Gasteiger partial charge in [-0.3, -0.25) is 0 Å². The van der Waals surface area contributed by atoms with Crippen molar-refractivity contribution in [2.24, 2.45) is 11.1 Å². The molecule has 1 aliphatic carbocycles. The van der Waals surface area contributed by atoms with Crippen molar-refractivity contribution in [3.8, 4) is 17.3 Å². The van der Waals surface area contributed by atoms with Crippen LogP contribution < -0.4 is 10.6 Å². The molecule has 1 saturated heterocycles. The van der Waals surface area contributed by atoms with Crippen molar-refractivity contribution < 1.29 is 5.11 Å². The Bertz CT molecular complexity index is 1260. The number of aryl methyl sites for hydroxylation is 1. The molecule has 3 aromatic rings. The zero-order valence-electron chi connectivity index (χ0n) is 18.4. The summed E-state index contributed by atoms with van der Waals surface area (Å²) in [5, 5.41) is 19.6. The molecule has 5 rings (SSSR count). The van der Waals surface area contributed by atoms with Crippen LogP contribution in [0.2, 0.25) is 5.02 Å². The predicted molar refractivity (Wildman–Crippen MR) is 127 cm³/mol. The number of rotatable bonds is 3. The summed E-state index contributed by atoms with van der Waals surface area (Å²) in [6, 6.07) is 12.2. The van der Waals surface area contributed by atoms with Gasteiger partial charge in [0, 0.05) is 30.9 Å². The molecule has 0 saturated carbocycles. The summed E-state index contributed by atoms with van der Waals surface area (Å²) in [5.41, 5.74) is 11.9. The molecule has 0 unspecified atom stereocenters. The third-order valence-electron chi connectivity index (χ3n) is 7.17. The standard InChI is InChI=1S/C25H25ClN6O/c1-15-22(18-6-9-29-19(13-27)21(18)26)31-20(14-33)24(30-15)32-10-7-25(8-11-32)12-16-4-2-3-5-17(16)23(25)28/h2-6,9,23,33H,7-8,10-12,14,28H2,1H3/t23-/m1/s1. The van der Waals surface area contributed by atoms with Crippen molar-refractivity contribution in [3.05, 3.63) is 69.8 Å². The molecule has 2 aliphatic rings. The molecule has 8 heteroatoms. The number of hydrogen-bond acceptors (Lipinski definition) is 7. The van der Waals surface area contributed by atoms with E-state index in [-0.39, 0.29) is 28.8 Å². The first-order valence-electron chi connectivity index (χ1n) is 11.1. The van der Waals surface area contributed by atoms with Gasteiger partial charge in [-0.25, -0.2) is 15.0 Å². The number of hydrogen-bond donors (Lipinski definition) is 2. The van der Waals surface area contributed by atoms with Crippen molar-refractivity contribution >= 4 is 17.4 Å². The first-order valence-corrected chi connectivity index (χ1v) is 11.5. The lowest BCUT2D eigenvalue weighted by Crippen LogP contribution is -2.45. The lowest BCUT2D eigenvalue weighted by Gasteiger charge is -2.43. The van der Waals surface area contributed by atoms with Gasteiger partial charge in [-0.1, -0.05) is 35.9 Å². The highest BCUT2D eigenvalue weighted by molar-refractivity contribution is 6.34. The van der Waals surface area contributed by atoms with Gasteiger partial charge in [0.25, 0.3) is 0 Å². The van der Waals surface area contributed by atoms with E-state index in [0.717, 1.165) is 32.4 Å². The number of nitriles is 1. The Hall–Kier alpha value is -3.05. The predicted octanol–water partition coefficient (Wildman–Crippen LogP) is 3.71. The van der Waals surface area contributed by atoms with Gasteiger partial charge in [0.05, 0.1) is 23.0 Å². The second kappa shape index (κ2) is 8.38. The van der Waals surface area contributed by atoms with Crippen LogP contribution >= 0.6 is 11.6 Å². The Morgan fingerprint density at radius 3 is 2.70 bits per heavy atom. The minimum absolute atomic E-state index is 0.0477. The molecule has 7 nitrogen and oxygen atoms in total. The van der Waals surface area contributed by atoms with E-state index in [1.807, 2.05) is 13.0 Å². The van der Waals surface area contributed by atoms with Crippen LogP contribution in [0.3, 0.4) is 0 Å². The Morgan fingerprint density at radius 1 is 1.24 bits per heavy atom. The fraction of sp³-hybridized carbons (Fsp3) is 0.360. The maximum Gasteiger partial charge on any atom is 0.159 e. The van der Waals surface area contributed by atoms with Crippen LogP contribution in [0, 0.1) is 23.7 Å². The van der Waals surface area contributed by atoms with Crippen molar-refractivity contribution in [2.75, 3.05) is 18.0 Å². The van der Waals surface area contributed by atoms with Crippen LogP contribution in [0.15, 0.2) is 36.5 Å². The third kappa shape index (κ3) is 3.55. The second-order valence-electron chi connectivity index (χ2n) is 8.92. The van der Waals surface area contributed by atoms with E-state index in [9.17, 15) is 10.4 Å². The fourth-order valence-electron chi connectivity index (χ4n) is 5.33. The number of aromatic nitrogens is 3. The SMILES string of the molecule is Cc1nc(N2CCC3(CC2)Cc2ccccc2[C@H]3N)c(CO)nc1-c1ccnc(C#N)c1Cl. The van der Waals surface area contributed by atoms with E-state index in [2.05, 4.69) is 34.1 Å². The number of nitrogens with two attached hydrogens (primary N) is 1. The molecule has 3 N–H and O–H groups in total. The van der Waals surface area contributed by atoms with Gasteiger partial charge >= 0.3 is 0 Å². The number of nitrogens with zero attached hydrogens (tertiary/aromatic N) is 5. The molecular weight excluding hydrogens is 436 g/mol. The van der Waals surface area contributed by atoms with E-state index >= 15 is 0 Å². The molecule has 168 valence electrons. The smallest absolute Gasteiger partial charge is 0.159 e. The highest BCUT2D eigenvalue weighted by atomic mass is 35.5. The number of benzene rings is 1. The maximum absolute atomic E-state index is 10.1. The first kappa shape index (κ1) is 21.8. The average Bonchev–Trinajstić information content (AvgIpc) is 3.11. The van der Waals surface area contributed by atoms with Gasteiger partial charge in [-0.2, -0.15) is 5.26 Å². The van der Waals surface area contributed by atoms with Crippen molar-refractivity contribution in [3.63, 3.8) is 0 Å². The molecule has 0 amide bonds. The number of pyridine rings is 1. The number of fused-ring (bicyclic) bond motifs is 1. The quantitative estimate of drug-likeness (QED) is 0.612. The molecule has 1 atom stereocenters. The molecule has 1 spiro atoms. The van der Waals surface area contributed by atoms with Gasteiger partial charge in [0.1, 0.15) is 11.8 Å². The molecule has 33 heavy (non-hydrogen) atoms. The van der Waals surface area contributed by atoms with Crippen molar-refractivity contribution in [1.82, 2.24) is 15.0 Å². The zero-order chi connectivity index (χ0) is 23.2. The average molecular weight is 461 g/mol. The summed E-state index contributed by atoms with van der Waals surface area (Å²) in [5.74, 6) is 0.698. The van der Waals surface area contributed by atoms with E-state index in [1.54, 1.807) is 6.07 Å². The summed E-state index contributed by atoms with van der Waals surface area (Å²) in [6.07, 6.45) is 4.45. The summed E-state index contributed by atoms with van der Waals surface area (Å²) in [6.45, 7) is 3.23. The van der Waals surface area contributed by atoms with Crippen LogP contribution in [-0.2, 0) is 13.0 Å². The lowest BCUT2D eigenvalue weighted by atomic mass is 9.73. The minimum atomic E-state index is -0.240. The molecule has 0 radical (unpaired) electrons. The Balaban J connectivity index is 1.43. The molecule has 0 bridgehead atoms. The number of aliphatic hydroxyl groups is 1. The summed E-state index contributed by atoms with van der Waals surface area (Å²) in [4.78, 5) is 15.7. The number of halogens is 1. The van der Waals surface area contributed by atoms with Crippen LogP contribution in [0.25, 0.3) is 11.3 Å². The molecule has 3 heterocycles. The van der Waals surface area contributed by atoms with Crippen molar-refractivity contribution in [2.45, 2.75) is 38.8 Å². The fourth-order valence-corrected chi connectivity index (χ4v) is 5.57. The largest absolute Gasteiger partial charge is 0.390 e. The van der Waals surface area contributed by atoms with Gasteiger partial charge in [0.2, 0.25) is 0 Å². The van der Waals surface area contributed by atoms with Gasteiger partial charge in [0.15, 0.2) is 11.5 Å². The Kier molecular flexibility index (Phi) is 5.53. The zero-order valence-corrected chi connectivity index (χ0v) is 19.2. The summed E-state index contributed by atoms with van der Waals surface area (Å²) < 4.78 is 0. The number of anilines is 1. The highest BCUT2D eigenvalue weighted by Gasteiger charge is 2.46. The molecule has 1 fully saturated rings. The summed E-state index contributed by atoms with van der Waals surface area (Å²) in [7, 11) is 0. The van der Waals surface area contributed by atoms with Crippen LogP contribution in [-0.4, -0.2) is 33.1 Å². The number of aliphatic hydroxyl groups excluding tert-OH is 1. The van der Waals surface area contributed by atoms with E-state index < -0.39 is 0 Å². The van der Waals surface area contributed by atoms with Crippen molar-refractivity contribution in [1.29, 1.82) is 5.26 Å². The highest BCUT2D eigenvalue weighted by Crippen LogP contribution is 2.51. The van der Waals surface area contributed by atoms with Gasteiger partial charge < -0.3 is 15.7 Å². The van der Waals surface area contributed by atoms with E-state index in [0.29, 0.717) is 28.5 Å². The first-order chi connectivity index (χ1) is 16.0. The normalized spacial score (nSPS) is 18.9. The second-order valence-corrected chi connectivity index (χ2v) is 9.30. The van der Waals surface area contributed by atoms with E-state index in [1.165, 1.54) is 17.3 Å². The topological polar surface area (TPSA) is 112 Å². The van der Waals surface area contributed by atoms with Gasteiger partial charge in [-0.05, 0) is 48.8 Å². The number of piperidine rings is 1. The van der Waals surface area contributed by atoms with E-state index in [4.69, 9.17) is 27.3 Å². The van der Waals surface area contributed by atoms with Crippen LogP contribution in [0.1, 0.15) is 47.1 Å². The Morgan fingerprint density at radius 2 is 2.00 bits per heavy atom. The minimum Gasteiger partial charge on any atom is -0.390 e. The summed E-state index contributed by atoms with van der Waals surface area (Å²) >= 11 is 6.38. The maximum atomic E-state index is 10.1. The monoisotopic (exact) mass is 460 g/mol. The third-order valence-corrected chi connectivity index (χ3v) is 7.55. The molecular formula is C25H25ClN6O. The molecule has 1 aromatic carbocycles.